The van der Waals surface area contributed by atoms with Crippen LogP contribution in [0.3, 0.4) is 0 Å². The average Bonchev–Trinajstić information content (AvgIpc) is 3.72. The summed E-state index contributed by atoms with van der Waals surface area (Å²) in [5, 5.41) is 22.7. The second kappa shape index (κ2) is 14.4. The van der Waals surface area contributed by atoms with E-state index in [4.69, 9.17) is 18.9 Å². The molecule has 1 aliphatic rings. The van der Waals surface area contributed by atoms with Gasteiger partial charge in [0.25, 0.3) is 0 Å². The van der Waals surface area contributed by atoms with Crippen molar-refractivity contribution in [3.8, 4) is 11.5 Å². The second-order valence-corrected chi connectivity index (χ2v) is 12.4. The number of rotatable bonds is 12. The molecular formula is C39H38FN5O6. The second-order valence-electron chi connectivity index (χ2n) is 12.4. The van der Waals surface area contributed by atoms with Crippen LogP contribution in [0, 0.1) is 5.82 Å². The number of methoxy groups -OCH3 is 2. The maximum absolute atomic E-state index is 13.8. The fraction of sp³-hybridized carbons (Fsp3) is 0.256. The van der Waals surface area contributed by atoms with E-state index in [1.165, 1.54) is 24.8 Å². The lowest BCUT2D eigenvalue weighted by atomic mass is 9.80. The third kappa shape index (κ3) is 6.50. The molecule has 3 heterocycles. The molecule has 2 aromatic heterocycles. The molecule has 1 saturated heterocycles. The molecule has 0 saturated carbocycles. The van der Waals surface area contributed by atoms with Crippen molar-refractivity contribution in [1.82, 2.24) is 19.5 Å². The van der Waals surface area contributed by atoms with Gasteiger partial charge in [-0.05, 0) is 58.7 Å². The third-order valence-electron chi connectivity index (χ3n) is 9.26. The van der Waals surface area contributed by atoms with Gasteiger partial charge in [0.2, 0.25) is 0 Å². The molecule has 0 aliphatic carbocycles. The Morgan fingerprint density at radius 2 is 1.45 bits per heavy atom. The molecule has 2 N–H and O–H groups in total. The van der Waals surface area contributed by atoms with Crippen LogP contribution in [0.5, 0.6) is 11.5 Å². The monoisotopic (exact) mass is 691 g/mol. The van der Waals surface area contributed by atoms with E-state index in [1.807, 2.05) is 96.9 Å². The first-order valence-electron chi connectivity index (χ1n) is 16.5. The molecule has 6 aromatic rings. The number of halogens is 1. The normalized spacial score (nSPS) is 18.9. The number of nitrogens with zero attached hydrogens (tertiary/aromatic N) is 5. The largest absolute Gasteiger partial charge is 0.497 e. The van der Waals surface area contributed by atoms with Crippen LogP contribution in [-0.4, -0.2) is 75.9 Å². The van der Waals surface area contributed by atoms with Gasteiger partial charge in [-0.2, -0.15) is 0 Å². The summed E-state index contributed by atoms with van der Waals surface area (Å²) in [6.07, 6.45) is -1.68. The summed E-state index contributed by atoms with van der Waals surface area (Å²) in [4.78, 5) is 15.3. The Balaban J connectivity index is 1.20. The number of fused-ring (bicyclic) bond motifs is 1. The standard InChI is InChI=1S/C39H38FN5O6/c1-44(21-25-8-7-11-29(40)20-25)36-33-37(42-23-41-36)45(24-43-33)38-35(47)34(46)32(51-38)22-50-39(26-9-5-4-6-10-26,27-12-16-30(48-2)17-13-27)28-14-18-31(49-3)19-15-28/h4-20,23-24,32,34-35,38,46-47H,21-22H2,1-3H3/t32-,34-,35-,38-/m1/s1. The Bertz CT molecular complexity index is 2030. The van der Waals surface area contributed by atoms with Crippen LogP contribution in [0.2, 0.25) is 0 Å². The SMILES string of the molecule is COc1ccc(C(OC[C@H]2O[C@@H](n3cnc4c(N(C)Cc5cccc(F)c5)ncnc43)[C@H](O)[C@@H]2O)(c2ccccc2)c2ccc(OC)cc2)cc1. The van der Waals surface area contributed by atoms with Gasteiger partial charge in [-0.3, -0.25) is 4.57 Å². The number of imidazole rings is 1. The molecule has 0 unspecified atom stereocenters. The molecule has 4 aromatic carbocycles. The van der Waals surface area contributed by atoms with Gasteiger partial charge in [0.15, 0.2) is 23.2 Å². The number of benzene rings is 4. The first-order valence-corrected chi connectivity index (χ1v) is 16.5. The van der Waals surface area contributed by atoms with Gasteiger partial charge in [-0.1, -0.05) is 66.7 Å². The number of anilines is 1. The molecular weight excluding hydrogens is 653 g/mol. The van der Waals surface area contributed by atoms with E-state index in [9.17, 15) is 14.6 Å². The van der Waals surface area contributed by atoms with Crippen LogP contribution in [0.1, 0.15) is 28.5 Å². The van der Waals surface area contributed by atoms with Crippen LogP contribution < -0.4 is 14.4 Å². The van der Waals surface area contributed by atoms with E-state index in [-0.39, 0.29) is 12.4 Å². The Kier molecular flexibility index (Phi) is 9.65. The number of aliphatic hydroxyl groups excluding tert-OH is 2. The summed E-state index contributed by atoms with van der Waals surface area (Å²) in [6.45, 7) is 0.286. The third-order valence-corrected chi connectivity index (χ3v) is 9.26. The van der Waals surface area contributed by atoms with E-state index >= 15 is 0 Å². The maximum atomic E-state index is 13.8. The number of ether oxygens (including phenoxy) is 4. The van der Waals surface area contributed by atoms with E-state index in [2.05, 4.69) is 15.0 Å². The van der Waals surface area contributed by atoms with Crippen molar-refractivity contribution >= 4 is 17.0 Å². The number of hydrogen-bond donors (Lipinski definition) is 2. The molecule has 0 bridgehead atoms. The van der Waals surface area contributed by atoms with E-state index in [0.717, 1.165) is 22.3 Å². The Labute approximate surface area is 294 Å². The molecule has 0 spiro atoms. The fourth-order valence-corrected chi connectivity index (χ4v) is 6.67. The van der Waals surface area contributed by atoms with Gasteiger partial charge in [0.1, 0.15) is 47.6 Å². The number of aliphatic hydroxyl groups is 2. The highest BCUT2D eigenvalue weighted by atomic mass is 19.1. The lowest BCUT2D eigenvalue weighted by molar-refractivity contribution is -0.0942. The number of hydrogen-bond acceptors (Lipinski definition) is 10. The molecule has 51 heavy (non-hydrogen) atoms. The van der Waals surface area contributed by atoms with Gasteiger partial charge in [-0.25, -0.2) is 19.3 Å². The van der Waals surface area contributed by atoms with E-state index in [1.54, 1.807) is 24.9 Å². The van der Waals surface area contributed by atoms with Gasteiger partial charge < -0.3 is 34.1 Å². The zero-order valence-corrected chi connectivity index (χ0v) is 28.3. The van der Waals surface area contributed by atoms with Crippen LogP contribution in [-0.2, 0) is 21.6 Å². The molecule has 262 valence electrons. The minimum atomic E-state index is -1.33. The summed E-state index contributed by atoms with van der Waals surface area (Å²) in [5.41, 5.74) is 2.95. The molecule has 0 radical (unpaired) electrons. The summed E-state index contributed by atoms with van der Waals surface area (Å²) in [6, 6.07) is 31.4. The minimum Gasteiger partial charge on any atom is -0.497 e. The Morgan fingerprint density at radius 3 is 2.08 bits per heavy atom. The van der Waals surface area contributed by atoms with Crippen molar-refractivity contribution in [2.24, 2.45) is 0 Å². The number of aromatic nitrogens is 4. The van der Waals surface area contributed by atoms with E-state index < -0.39 is 30.1 Å². The molecule has 0 amide bonds. The Morgan fingerprint density at radius 1 is 0.804 bits per heavy atom. The van der Waals surface area contributed by atoms with Crippen LogP contribution >= 0.6 is 0 Å². The zero-order chi connectivity index (χ0) is 35.5. The summed E-state index contributed by atoms with van der Waals surface area (Å²) < 4.78 is 39.6. The highest BCUT2D eigenvalue weighted by Gasteiger charge is 2.47. The summed E-state index contributed by atoms with van der Waals surface area (Å²) >= 11 is 0. The van der Waals surface area contributed by atoms with Crippen molar-refractivity contribution in [3.63, 3.8) is 0 Å². The van der Waals surface area contributed by atoms with Crippen molar-refractivity contribution in [1.29, 1.82) is 0 Å². The smallest absolute Gasteiger partial charge is 0.167 e. The van der Waals surface area contributed by atoms with Crippen molar-refractivity contribution in [2.45, 2.75) is 36.7 Å². The first-order chi connectivity index (χ1) is 24.8. The Hall–Kier alpha value is -5.40. The fourth-order valence-electron chi connectivity index (χ4n) is 6.67. The van der Waals surface area contributed by atoms with Crippen molar-refractivity contribution < 1.29 is 33.6 Å². The van der Waals surface area contributed by atoms with E-state index in [0.29, 0.717) is 35.0 Å². The van der Waals surface area contributed by atoms with Crippen LogP contribution in [0.25, 0.3) is 11.2 Å². The van der Waals surface area contributed by atoms with Gasteiger partial charge >= 0.3 is 0 Å². The molecule has 4 atom stereocenters. The van der Waals surface area contributed by atoms with Crippen LogP contribution in [0.15, 0.2) is 116 Å². The minimum absolute atomic E-state index is 0.0923. The molecule has 12 heteroatoms. The highest BCUT2D eigenvalue weighted by Crippen LogP contribution is 2.43. The van der Waals surface area contributed by atoms with Gasteiger partial charge in [-0.15, -0.1) is 0 Å². The lowest BCUT2D eigenvalue weighted by Gasteiger charge is -2.37. The summed E-state index contributed by atoms with van der Waals surface area (Å²) in [5.74, 6) is 1.57. The van der Waals surface area contributed by atoms with Gasteiger partial charge in [0.05, 0.1) is 27.2 Å². The zero-order valence-electron chi connectivity index (χ0n) is 28.3. The first kappa shape index (κ1) is 34.1. The molecule has 7 rings (SSSR count). The maximum Gasteiger partial charge on any atom is 0.167 e. The predicted octanol–water partition coefficient (Wildman–Crippen LogP) is 5.25. The quantitative estimate of drug-likeness (QED) is 0.165. The van der Waals surface area contributed by atoms with Crippen molar-refractivity contribution in [2.75, 3.05) is 32.8 Å². The molecule has 1 aliphatic heterocycles. The molecule has 1 fully saturated rings. The van der Waals surface area contributed by atoms with Crippen molar-refractivity contribution in [3.05, 3.63) is 144 Å². The molecule has 11 nitrogen and oxygen atoms in total. The van der Waals surface area contributed by atoms with Gasteiger partial charge in [0, 0.05) is 13.6 Å². The summed E-state index contributed by atoms with van der Waals surface area (Å²) in [7, 11) is 5.05. The highest BCUT2D eigenvalue weighted by molar-refractivity contribution is 5.83. The predicted molar refractivity (Wildman–Crippen MR) is 188 cm³/mol. The average molecular weight is 692 g/mol. The lowest BCUT2D eigenvalue weighted by Crippen LogP contribution is -2.39. The topological polar surface area (TPSA) is 124 Å². The van der Waals surface area contributed by atoms with Crippen LogP contribution in [0.4, 0.5) is 10.2 Å².